The fraction of sp³-hybridized carbons (Fsp3) is 0.450. The highest BCUT2D eigenvalue weighted by molar-refractivity contribution is 7.15. The molecule has 0 radical (unpaired) electrons. The quantitative estimate of drug-likeness (QED) is 0.618. The summed E-state index contributed by atoms with van der Waals surface area (Å²) in [5.41, 5.74) is 2.86. The molecule has 7 heteroatoms. The third-order valence-corrected chi connectivity index (χ3v) is 5.57. The number of halogens is 1. The molecule has 0 aliphatic heterocycles. The molecule has 5 nitrogen and oxygen atoms in total. The van der Waals surface area contributed by atoms with Gasteiger partial charge in [-0.3, -0.25) is 4.79 Å². The fourth-order valence-corrected chi connectivity index (χ4v) is 3.99. The second-order valence-corrected chi connectivity index (χ2v) is 9.84. The average Bonchev–Trinajstić information content (AvgIpc) is 2.94. The molecule has 0 aliphatic rings. The molecule has 0 amide bonds. The maximum atomic E-state index is 11.9. The highest BCUT2D eigenvalue weighted by Crippen LogP contribution is 2.42. The van der Waals surface area contributed by atoms with Gasteiger partial charge in [0.1, 0.15) is 11.4 Å². The van der Waals surface area contributed by atoms with Crippen molar-refractivity contribution in [2.75, 3.05) is 0 Å². The zero-order valence-electron chi connectivity index (χ0n) is 16.4. The van der Waals surface area contributed by atoms with Crippen LogP contribution in [-0.4, -0.2) is 19.7 Å². The maximum Gasteiger partial charge on any atom is 0.297 e. The van der Waals surface area contributed by atoms with Gasteiger partial charge in [-0.2, -0.15) is 10.1 Å². The van der Waals surface area contributed by atoms with Crippen LogP contribution in [0.2, 0.25) is 0 Å². The van der Waals surface area contributed by atoms with E-state index in [0.717, 1.165) is 22.4 Å². The van der Waals surface area contributed by atoms with Crippen molar-refractivity contribution in [3.63, 3.8) is 0 Å². The predicted molar refractivity (Wildman–Crippen MR) is 111 cm³/mol. The smallest absolute Gasteiger partial charge is 0.297 e. The predicted octanol–water partition coefficient (Wildman–Crippen LogP) is 4.86. The Balaban J connectivity index is 2.35. The molecule has 27 heavy (non-hydrogen) atoms. The van der Waals surface area contributed by atoms with Crippen LogP contribution in [-0.2, 0) is 16.7 Å². The molecule has 0 spiro atoms. The van der Waals surface area contributed by atoms with Crippen LogP contribution in [0.3, 0.4) is 0 Å². The first kappa shape index (κ1) is 19.8. The molecule has 0 bridgehead atoms. The Labute approximate surface area is 167 Å². The lowest BCUT2D eigenvalue weighted by molar-refractivity contribution is 0.423. The van der Waals surface area contributed by atoms with Gasteiger partial charge in [-0.1, -0.05) is 41.5 Å². The second kappa shape index (κ2) is 6.60. The molecular weight excluding hydrogens is 382 g/mol. The first-order chi connectivity index (χ1) is 12.4. The number of aromatic nitrogens is 3. The minimum atomic E-state index is -0.394. The van der Waals surface area contributed by atoms with Gasteiger partial charge in [0, 0.05) is 22.1 Å². The van der Waals surface area contributed by atoms with Gasteiger partial charge in [0.15, 0.2) is 0 Å². The molecular formula is C20H24ClN3O2S. The van der Waals surface area contributed by atoms with Gasteiger partial charge in [-0.15, -0.1) is 22.9 Å². The van der Waals surface area contributed by atoms with Gasteiger partial charge in [-0.05, 0) is 23.0 Å². The van der Waals surface area contributed by atoms with Crippen molar-refractivity contribution in [3.05, 3.63) is 44.7 Å². The van der Waals surface area contributed by atoms with E-state index in [2.05, 4.69) is 51.6 Å². The van der Waals surface area contributed by atoms with Crippen LogP contribution in [0.5, 0.6) is 5.75 Å². The third-order valence-electron chi connectivity index (χ3n) is 4.50. The Morgan fingerprint density at radius 3 is 2.15 bits per heavy atom. The Kier molecular flexibility index (Phi) is 4.85. The minimum Gasteiger partial charge on any atom is -0.507 e. The number of hydrogen-bond acceptors (Lipinski definition) is 5. The summed E-state index contributed by atoms with van der Waals surface area (Å²) >= 11 is 7.20. The standard InChI is InChI=1S/C20H24ClN3O2S/c1-19(2,3)12-7-11(8-13(16(12)25)20(4,5)6)15-10-27-18-22-17(26)14(9-21)23-24(15)18/h7-8,10,25H,9H2,1-6H3. The van der Waals surface area contributed by atoms with E-state index in [0.29, 0.717) is 10.7 Å². The van der Waals surface area contributed by atoms with Crippen molar-refractivity contribution >= 4 is 27.9 Å². The molecule has 0 fully saturated rings. The SMILES string of the molecule is CC(C)(C)c1cc(-c2csc3nc(=O)c(CCl)nn23)cc(C(C)(C)C)c1O. The molecule has 0 atom stereocenters. The Morgan fingerprint density at radius 1 is 1.11 bits per heavy atom. The largest absolute Gasteiger partial charge is 0.507 e. The molecule has 3 rings (SSSR count). The van der Waals surface area contributed by atoms with Gasteiger partial charge in [0.2, 0.25) is 4.96 Å². The summed E-state index contributed by atoms with van der Waals surface area (Å²) in [6, 6.07) is 3.98. The fourth-order valence-electron chi connectivity index (χ4n) is 3.00. The lowest BCUT2D eigenvalue weighted by atomic mass is 9.78. The lowest BCUT2D eigenvalue weighted by Crippen LogP contribution is -2.18. The summed E-state index contributed by atoms with van der Waals surface area (Å²) in [7, 11) is 0. The Morgan fingerprint density at radius 2 is 1.67 bits per heavy atom. The van der Waals surface area contributed by atoms with E-state index in [1.165, 1.54) is 11.3 Å². The monoisotopic (exact) mass is 405 g/mol. The summed E-state index contributed by atoms with van der Waals surface area (Å²) in [6.45, 7) is 12.5. The number of nitrogens with zero attached hydrogens (tertiary/aromatic N) is 3. The van der Waals surface area contributed by atoms with Crippen LogP contribution in [0.25, 0.3) is 16.2 Å². The van der Waals surface area contributed by atoms with E-state index in [4.69, 9.17) is 11.6 Å². The summed E-state index contributed by atoms with van der Waals surface area (Å²) in [5.74, 6) is 0.345. The molecule has 3 aromatic rings. The number of fused-ring (bicyclic) bond motifs is 1. The molecule has 1 aromatic carbocycles. The summed E-state index contributed by atoms with van der Waals surface area (Å²) in [6.07, 6.45) is 0. The number of rotatable bonds is 2. The Bertz CT molecular complexity index is 1040. The molecule has 0 aliphatic carbocycles. The van der Waals surface area contributed by atoms with Gasteiger partial charge in [-0.25, -0.2) is 4.52 Å². The molecule has 0 unspecified atom stereocenters. The number of alkyl halides is 1. The minimum absolute atomic E-state index is 0.0140. The highest BCUT2D eigenvalue weighted by Gasteiger charge is 2.27. The van der Waals surface area contributed by atoms with Crippen LogP contribution < -0.4 is 5.56 Å². The molecule has 2 aromatic heterocycles. The number of phenols is 1. The highest BCUT2D eigenvalue weighted by atomic mass is 35.5. The normalized spacial score (nSPS) is 12.7. The summed E-state index contributed by atoms with van der Waals surface area (Å²) in [5, 5.41) is 17.2. The molecule has 2 heterocycles. The molecule has 0 saturated carbocycles. The van der Waals surface area contributed by atoms with Crippen LogP contribution in [0.4, 0.5) is 0 Å². The van der Waals surface area contributed by atoms with Crippen LogP contribution in [0.15, 0.2) is 22.3 Å². The van der Waals surface area contributed by atoms with Crippen molar-refractivity contribution in [2.45, 2.75) is 58.3 Å². The first-order valence-corrected chi connectivity index (χ1v) is 10.2. The van der Waals surface area contributed by atoms with Crippen molar-refractivity contribution < 1.29 is 5.11 Å². The van der Waals surface area contributed by atoms with Crippen molar-refractivity contribution in [1.29, 1.82) is 0 Å². The average molecular weight is 406 g/mol. The van der Waals surface area contributed by atoms with E-state index in [9.17, 15) is 9.90 Å². The van der Waals surface area contributed by atoms with Gasteiger partial charge >= 0.3 is 0 Å². The molecule has 1 N–H and O–H groups in total. The van der Waals surface area contributed by atoms with Crippen LogP contribution in [0, 0.1) is 0 Å². The Hall–Kier alpha value is -1.92. The van der Waals surface area contributed by atoms with Crippen molar-refractivity contribution in [1.82, 2.24) is 14.6 Å². The molecule has 144 valence electrons. The van der Waals surface area contributed by atoms with E-state index in [1.54, 1.807) is 4.52 Å². The van der Waals surface area contributed by atoms with Crippen molar-refractivity contribution in [2.24, 2.45) is 0 Å². The van der Waals surface area contributed by atoms with E-state index in [1.807, 2.05) is 17.5 Å². The molecule has 0 saturated heterocycles. The zero-order chi connectivity index (χ0) is 20.1. The number of phenolic OH excluding ortho intramolecular Hbond substituents is 1. The second-order valence-electron chi connectivity index (χ2n) is 8.73. The van der Waals surface area contributed by atoms with Gasteiger partial charge < -0.3 is 5.11 Å². The topological polar surface area (TPSA) is 67.5 Å². The van der Waals surface area contributed by atoms with Gasteiger partial charge in [0.25, 0.3) is 5.56 Å². The summed E-state index contributed by atoms with van der Waals surface area (Å²) < 4.78 is 1.66. The number of aromatic hydroxyl groups is 1. The lowest BCUT2D eigenvalue weighted by Gasteiger charge is -2.28. The number of benzene rings is 1. The number of hydrogen-bond donors (Lipinski definition) is 1. The van der Waals surface area contributed by atoms with E-state index >= 15 is 0 Å². The third kappa shape index (κ3) is 3.60. The van der Waals surface area contributed by atoms with E-state index in [-0.39, 0.29) is 22.4 Å². The first-order valence-electron chi connectivity index (χ1n) is 8.75. The van der Waals surface area contributed by atoms with Gasteiger partial charge in [0.05, 0.1) is 11.6 Å². The summed E-state index contributed by atoms with van der Waals surface area (Å²) in [4.78, 5) is 16.5. The van der Waals surface area contributed by atoms with Crippen LogP contribution in [0.1, 0.15) is 58.4 Å². The number of thiazole rings is 1. The maximum absolute atomic E-state index is 11.9. The zero-order valence-corrected chi connectivity index (χ0v) is 18.0. The van der Waals surface area contributed by atoms with Crippen molar-refractivity contribution in [3.8, 4) is 17.0 Å². The van der Waals surface area contributed by atoms with E-state index < -0.39 is 5.56 Å². The van der Waals surface area contributed by atoms with Crippen LogP contribution >= 0.6 is 22.9 Å².